The van der Waals surface area contributed by atoms with E-state index in [2.05, 4.69) is 36.6 Å². The van der Waals surface area contributed by atoms with Crippen LogP contribution in [-0.4, -0.2) is 38.5 Å². The smallest absolute Gasteiger partial charge is 0.191 e. The van der Waals surface area contributed by atoms with Gasteiger partial charge in [0.25, 0.3) is 0 Å². The Morgan fingerprint density at radius 2 is 2.08 bits per heavy atom. The molecule has 0 saturated heterocycles. The van der Waals surface area contributed by atoms with E-state index < -0.39 is 0 Å². The molecule has 0 heterocycles. The summed E-state index contributed by atoms with van der Waals surface area (Å²) in [5.74, 6) is 4.31. The Morgan fingerprint density at radius 3 is 2.75 bits per heavy atom. The minimum atomic E-state index is 0. The molecule has 1 aliphatic rings. The standard InChI is InChI=1S/C18H29N3OS.HI/c1-4-19-18(21-12-15-9-10-15)20-11-14(2)13-23-17-8-6-5-7-16(17)22-3;/h5-8,14-15H,4,9-13H2,1-3H3,(H2,19,20,21);1H. The van der Waals surface area contributed by atoms with Gasteiger partial charge in [0, 0.05) is 30.3 Å². The molecule has 1 fully saturated rings. The molecule has 0 bridgehead atoms. The lowest BCUT2D eigenvalue weighted by atomic mass is 10.2. The van der Waals surface area contributed by atoms with Gasteiger partial charge in [0.2, 0.25) is 0 Å². The van der Waals surface area contributed by atoms with Crippen LogP contribution in [-0.2, 0) is 0 Å². The van der Waals surface area contributed by atoms with Gasteiger partial charge in [-0.2, -0.15) is 0 Å². The predicted molar refractivity (Wildman–Crippen MR) is 115 cm³/mol. The topological polar surface area (TPSA) is 45.7 Å². The van der Waals surface area contributed by atoms with Crippen LogP contribution in [0.4, 0.5) is 0 Å². The van der Waals surface area contributed by atoms with Crippen LogP contribution >= 0.6 is 35.7 Å². The summed E-state index contributed by atoms with van der Waals surface area (Å²) in [5.41, 5.74) is 0. The van der Waals surface area contributed by atoms with Crippen molar-refractivity contribution in [2.24, 2.45) is 16.8 Å². The van der Waals surface area contributed by atoms with Gasteiger partial charge >= 0.3 is 0 Å². The monoisotopic (exact) mass is 463 g/mol. The summed E-state index contributed by atoms with van der Waals surface area (Å²) in [7, 11) is 1.72. The van der Waals surface area contributed by atoms with Gasteiger partial charge in [-0.25, -0.2) is 0 Å². The zero-order valence-electron chi connectivity index (χ0n) is 14.9. The molecule has 1 aromatic rings. The summed E-state index contributed by atoms with van der Waals surface area (Å²) in [5, 5.41) is 6.77. The molecule has 2 N–H and O–H groups in total. The third-order valence-electron chi connectivity index (χ3n) is 3.75. The highest BCUT2D eigenvalue weighted by Gasteiger charge is 2.21. The zero-order chi connectivity index (χ0) is 16.5. The fourth-order valence-corrected chi connectivity index (χ4v) is 3.21. The number of aliphatic imine (C=N–C) groups is 1. The number of benzene rings is 1. The minimum Gasteiger partial charge on any atom is -0.496 e. The second kappa shape index (κ2) is 11.8. The van der Waals surface area contributed by atoms with Gasteiger partial charge in [0.05, 0.1) is 7.11 Å². The second-order valence-corrected chi connectivity index (χ2v) is 7.17. The number of ether oxygens (including phenoxy) is 1. The molecule has 1 aliphatic carbocycles. The molecule has 1 saturated carbocycles. The average molecular weight is 463 g/mol. The van der Waals surface area contributed by atoms with Gasteiger partial charge in [-0.3, -0.25) is 4.99 Å². The number of hydrogen-bond acceptors (Lipinski definition) is 3. The largest absolute Gasteiger partial charge is 0.496 e. The van der Waals surface area contributed by atoms with E-state index in [1.54, 1.807) is 7.11 Å². The molecule has 0 amide bonds. The van der Waals surface area contributed by atoms with E-state index in [9.17, 15) is 0 Å². The van der Waals surface area contributed by atoms with E-state index in [-0.39, 0.29) is 24.0 Å². The number of nitrogens with one attached hydrogen (secondary N) is 2. The van der Waals surface area contributed by atoms with Gasteiger partial charge in [0.1, 0.15) is 5.75 Å². The molecule has 24 heavy (non-hydrogen) atoms. The second-order valence-electron chi connectivity index (χ2n) is 6.11. The van der Waals surface area contributed by atoms with Crippen molar-refractivity contribution in [3.05, 3.63) is 24.3 Å². The summed E-state index contributed by atoms with van der Waals surface area (Å²) in [6.07, 6.45) is 2.72. The van der Waals surface area contributed by atoms with Crippen molar-refractivity contribution in [3.8, 4) is 5.75 Å². The van der Waals surface area contributed by atoms with Gasteiger partial charge in [-0.15, -0.1) is 35.7 Å². The van der Waals surface area contributed by atoms with E-state index in [4.69, 9.17) is 9.73 Å². The number of nitrogens with zero attached hydrogens (tertiary/aromatic N) is 1. The van der Waals surface area contributed by atoms with Crippen molar-refractivity contribution >= 4 is 41.7 Å². The number of thioether (sulfide) groups is 1. The predicted octanol–water partition coefficient (Wildman–Crippen LogP) is 4.01. The molecule has 0 aliphatic heterocycles. The maximum Gasteiger partial charge on any atom is 0.191 e. The van der Waals surface area contributed by atoms with Crippen LogP contribution in [0.1, 0.15) is 26.7 Å². The van der Waals surface area contributed by atoms with Crippen molar-refractivity contribution < 1.29 is 4.74 Å². The van der Waals surface area contributed by atoms with Crippen LogP contribution in [0.2, 0.25) is 0 Å². The molecule has 1 atom stereocenters. The zero-order valence-corrected chi connectivity index (χ0v) is 18.0. The Balaban J connectivity index is 0.00000288. The minimum absolute atomic E-state index is 0. The van der Waals surface area contributed by atoms with Gasteiger partial charge in [0.15, 0.2) is 5.96 Å². The Morgan fingerprint density at radius 1 is 1.33 bits per heavy atom. The van der Waals surface area contributed by atoms with Crippen LogP contribution in [0.15, 0.2) is 34.2 Å². The summed E-state index contributed by atoms with van der Waals surface area (Å²) in [6, 6.07) is 8.18. The normalized spacial score (nSPS) is 15.4. The number of guanidine groups is 1. The Labute approximate surface area is 167 Å². The van der Waals surface area contributed by atoms with Crippen molar-refractivity contribution in [3.63, 3.8) is 0 Å². The highest BCUT2D eigenvalue weighted by Crippen LogP contribution is 2.30. The van der Waals surface area contributed by atoms with E-state index in [0.29, 0.717) is 5.92 Å². The van der Waals surface area contributed by atoms with E-state index in [0.717, 1.165) is 43.0 Å². The maximum absolute atomic E-state index is 5.40. The first-order valence-electron chi connectivity index (χ1n) is 8.51. The third kappa shape index (κ3) is 7.96. The molecular weight excluding hydrogens is 433 g/mol. The molecule has 2 rings (SSSR count). The van der Waals surface area contributed by atoms with Crippen LogP contribution < -0.4 is 15.4 Å². The fourth-order valence-electron chi connectivity index (χ4n) is 2.17. The lowest BCUT2D eigenvalue weighted by Crippen LogP contribution is -2.38. The third-order valence-corrected chi connectivity index (χ3v) is 5.14. The van der Waals surface area contributed by atoms with Crippen molar-refractivity contribution in [2.45, 2.75) is 31.6 Å². The summed E-state index contributed by atoms with van der Waals surface area (Å²) < 4.78 is 5.40. The number of halogens is 1. The molecule has 136 valence electrons. The lowest BCUT2D eigenvalue weighted by Gasteiger charge is -2.14. The fraction of sp³-hybridized carbons (Fsp3) is 0.611. The number of para-hydroxylation sites is 1. The molecule has 0 spiro atoms. The molecule has 0 radical (unpaired) electrons. The molecule has 1 aromatic carbocycles. The quantitative estimate of drug-likeness (QED) is 0.252. The van der Waals surface area contributed by atoms with Gasteiger partial charge in [-0.1, -0.05) is 19.1 Å². The first kappa shape index (κ1) is 21.4. The SMILES string of the molecule is CCNC(=NCC(C)CSc1ccccc1OC)NCC1CC1.I. The first-order chi connectivity index (χ1) is 11.2. The van der Waals surface area contributed by atoms with Crippen molar-refractivity contribution in [2.75, 3.05) is 32.5 Å². The number of rotatable bonds is 9. The van der Waals surface area contributed by atoms with Crippen LogP contribution in [0.5, 0.6) is 5.75 Å². The van der Waals surface area contributed by atoms with Gasteiger partial charge < -0.3 is 15.4 Å². The molecule has 0 aromatic heterocycles. The van der Waals surface area contributed by atoms with Crippen LogP contribution in [0, 0.1) is 11.8 Å². The lowest BCUT2D eigenvalue weighted by molar-refractivity contribution is 0.405. The summed E-state index contributed by atoms with van der Waals surface area (Å²) >= 11 is 1.84. The summed E-state index contributed by atoms with van der Waals surface area (Å²) in [4.78, 5) is 5.92. The van der Waals surface area contributed by atoms with Crippen LogP contribution in [0.25, 0.3) is 0 Å². The molecular formula is C18H30IN3OS. The maximum atomic E-state index is 5.40. The van der Waals surface area contributed by atoms with E-state index in [1.807, 2.05) is 23.9 Å². The van der Waals surface area contributed by atoms with Crippen molar-refractivity contribution in [1.29, 1.82) is 0 Å². The number of methoxy groups -OCH3 is 1. The molecule has 1 unspecified atom stereocenters. The van der Waals surface area contributed by atoms with E-state index >= 15 is 0 Å². The van der Waals surface area contributed by atoms with E-state index in [1.165, 1.54) is 17.7 Å². The Bertz CT molecular complexity index is 509. The summed E-state index contributed by atoms with van der Waals surface area (Å²) in [6.45, 7) is 7.14. The first-order valence-corrected chi connectivity index (χ1v) is 9.49. The highest BCUT2D eigenvalue weighted by molar-refractivity contribution is 14.0. The Kier molecular flexibility index (Phi) is 10.6. The Hall–Kier alpha value is -0.630. The van der Waals surface area contributed by atoms with Crippen molar-refractivity contribution in [1.82, 2.24) is 10.6 Å². The average Bonchev–Trinajstić information content (AvgIpc) is 3.40. The number of hydrogen-bond donors (Lipinski definition) is 2. The highest BCUT2D eigenvalue weighted by atomic mass is 127. The van der Waals surface area contributed by atoms with Crippen LogP contribution in [0.3, 0.4) is 0 Å². The van der Waals surface area contributed by atoms with Gasteiger partial charge in [-0.05, 0) is 43.7 Å². The molecule has 6 heteroatoms. The molecule has 4 nitrogen and oxygen atoms in total.